The smallest absolute Gasteiger partial charge is 0.315 e. The highest BCUT2D eigenvalue weighted by Crippen LogP contribution is 2.11. The van der Waals surface area contributed by atoms with Crippen LogP contribution in [0.2, 0.25) is 5.02 Å². The molecule has 0 fully saturated rings. The average Bonchev–Trinajstić information content (AvgIpc) is 2.36. The summed E-state index contributed by atoms with van der Waals surface area (Å²) in [7, 11) is 0. The standard InChI is InChI=1S/C14H14ClN3O/c1-9-8-10(2)17-14(16-9)19-18-11(3)12-4-6-13(15)7-5-12/h4-8H,1-3H3/b18-11+. The van der Waals surface area contributed by atoms with Gasteiger partial charge in [-0.2, -0.15) is 9.97 Å². The topological polar surface area (TPSA) is 47.4 Å². The molecule has 2 aromatic rings. The van der Waals surface area contributed by atoms with Crippen LogP contribution < -0.4 is 4.84 Å². The predicted molar refractivity (Wildman–Crippen MR) is 75.8 cm³/mol. The minimum absolute atomic E-state index is 0.255. The molecule has 0 saturated heterocycles. The van der Waals surface area contributed by atoms with E-state index in [4.69, 9.17) is 16.4 Å². The van der Waals surface area contributed by atoms with Crippen LogP contribution in [0.3, 0.4) is 0 Å². The van der Waals surface area contributed by atoms with Gasteiger partial charge in [0.05, 0.1) is 5.71 Å². The number of nitrogens with zero attached hydrogens (tertiary/aromatic N) is 3. The van der Waals surface area contributed by atoms with Crippen LogP contribution in [0, 0.1) is 13.8 Å². The first-order valence-electron chi connectivity index (χ1n) is 5.84. The Labute approximate surface area is 117 Å². The monoisotopic (exact) mass is 275 g/mol. The largest absolute Gasteiger partial charge is 0.346 e. The molecular formula is C14H14ClN3O. The molecule has 1 aromatic carbocycles. The van der Waals surface area contributed by atoms with Crippen LogP contribution in [-0.4, -0.2) is 15.7 Å². The fraction of sp³-hybridized carbons (Fsp3) is 0.214. The van der Waals surface area contributed by atoms with E-state index in [0.717, 1.165) is 22.7 Å². The van der Waals surface area contributed by atoms with Crippen molar-refractivity contribution in [3.05, 3.63) is 52.3 Å². The molecule has 0 aliphatic heterocycles. The summed E-state index contributed by atoms with van der Waals surface area (Å²) >= 11 is 5.83. The van der Waals surface area contributed by atoms with Gasteiger partial charge in [-0.3, -0.25) is 0 Å². The van der Waals surface area contributed by atoms with Gasteiger partial charge < -0.3 is 4.84 Å². The van der Waals surface area contributed by atoms with E-state index in [9.17, 15) is 0 Å². The third-order valence-electron chi connectivity index (χ3n) is 2.49. The first-order valence-corrected chi connectivity index (χ1v) is 6.22. The summed E-state index contributed by atoms with van der Waals surface area (Å²) in [6.45, 7) is 5.63. The SMILES string of the molecule is C/C(=N\Oc1nc(C)cc(C)n1)c1ccc(Cl)cc1. The third kappa shape index (κ3) is 3.76. The first kappa shape index (κ1) is 13.5. The number of halogens is 1. The Bertz CT molecular complexity index is 588. The van der Waals surface area contributed by atoms with Crippen LogP contribution in [-0.2, 0) is 0 Å². The molecule has 0 amide bonds. The van der Waals surface area contributed by atoms with Crippen molar-refractivity contribution >= 4 is 17.3 Å². The number of oxime groups is 1. The van der Waals surface area contributed by atoms with Crippen LogP contribution in [0.25, 0.3) is 0 Å². The van der Waals surface area contributed by atoms with E-state index >= 15 is 0 Å². The van der Waals surface area contributed by atoms with Crippen molar-refractivity contribution in [2.24, 2.45) is 5.16 Å². The normalized spacial score (nSPS) is 11.5. The summed E-state index contributed by atoms with van der Waals surface area (Å²) < 4.78 is 0. The zero-order chi connectivity index (χ0) is 13.8. The van der Waals surface area contributed by atoms with E-state index in [2.05, 4.69) is 15.1 Å². The van der Waals surface area contributed by atoms with Crippen LogP contribution in [0.4, 0.5) is 0 Å². The summed E-state index contributed by atoms with van der Waals surface area (Å²) in [5.74, 6) is 0. The van der Waals surface area contributed by atoms with Gasteiger partial charge in [0.2, 0.25) is 0 Å². The number of aromatic nitrogens is 2. The highest BCUT2D eigenvalue weighted by atomic mass is 35.5. The molecule has 4 nitrogen and oxygen atoms in total. The molecule has 1 heterocycles. The lowest BCUT2D eigenvalue weighted by molar-refractivity contribution is 0.311. The molecule has 2 rings (SSSR count). The highest BCUT2D eigenvalue weighted by Gasteiger charge is 2.02. The lowest BCUT2D eigenvalue weighted by Gasteiger charge is -2.02. The molecule has 98 valence electrons. The third-order valence-corrected chi connectivity index (χ3v) is 2.74. The summed E-state index contributed by atoms with van der Waals surface area (Å²) in [5.41, 5.74) is 3.37. The molecular weight excluding hydrogens is 262 g/mol. The van der Waals surface area contributed by atoms with Crippen molar-refractivity contribution < 1.29 is 4.84 Å². The molecule has 0 atom stereocenters. The molecule has 0 spiro atoms. The number of rotatable bonds is 3. The number of hydrogen-bond donors (Lipinski definition) is 0. The minimum atomic E-state index is 0.255. The van der Waals surface area contributed by atoms with Crippen molar-refractivity contribution in [2.75, 3.05) is 0 Å². The van der Waals surface area contributed by atoms with E-state index in [1.807, 2.05) is 51.1 Å². The van der Waals surface area contributed by atoms with Crippen molar-refractivity contribution in [3.63, 3.8) is 0 Å². The summed E-state index contributed by atoms with van der Waals surface area (Å²) in [6, 6.07) is 9.51. The Balaban J connectivity index is 2.15. The first-order chi connectivity index (χ1) is 9.04. The van der Waals surface area contributed by atoms with Gasteiger partial charge in [0.15, 0.2) is 0 Å². The molecule has 0 radical (unpaired) electrons. The quantitative estimate of drug-likeness (QED) is 0.636. The number of aryl methyl sites for hydroxylation is 2. The van der Waals surface area contributed by atoms with E-state index in [-0.39, 0.29) is 6.01 Å². The Morgan fingerprint density at radius 1 is 1.11 bits per heavy atom. The molecule has 1 aromatic heterocycles. The maximum Gasteiger partial charge on any atom is 0.346 e. The van der Waals surface area contributed by atoms with E-state index < -0.39 is 0 Å². The zero-order valence-electron chi connectivity index (χ0n) is 11.0. The highest BCUT2D eigenvalue weighted by molar-refractivity contribution is 6.30. The van der Waals surface area contributed by atoms with Gasteiger partial charge in [-0.05, 0) is 44.5 Å². The van der Waals surface area contributed by atoms with Gasteiger partial charge >= 0.3 is 6.01 Å². The summed E-state index contributed by atoms with van der Waals surface area (Å²) in [5, 5.41) is 4.72. The van der Waals surface area contributed by atoms with Crippen LogP contribution in [0.1, 0.15) is 23.9 Å². The van der Waals surface area contributed by atoms with Crippen LogP contribution in [0.15, 0.2) is 35.5 Å². The van der Waals surface area contributed by atoms with Crippen molar-refractivity contribution in [1.29, 1.82) is 0 Å². The molecule has 19 heavy (non-hydrogen) atoms. The average molecular weight is 276 g/mol. The second-order valence-electron chi connectivity index (χ2n) is 4.21. The van der Waals surface area contributed by atoms with E-state index in [0.29, 0.717) is 5.02 Å². The van der Waals surface area contributed by atoms with Crippen LogP contribution >= 0.6 is 11.6 Å². The number of hydrogen-bond acceptors (Lipinski definition) is 4. The molecule has 0 N–H and O–H groups in total. The molecule has 0 saturated carbocycles. The van der Waals surface area contributed by atoms with Crippen molar-refractivity contribution in [1.82, 2.24) is 9.97 Å². The maximum atomic E-state index is 5.83. The predicted octanol–water partition coefficient (Wildman–Crippen LogP) is 3.55. The van der Waals surface area contributed by atoms with Gasteiger partial charge in [0, 0.05) is 16.4 Å². The van der Waals surface area contributed by atoms with Gasteiger partial charge in [-0.25, -0.2) is 0 Å². The van der Waals surface area contributed by atoms with Crippen molar-refractivity contribution in [3.8, 4) is 6.01 Å². The summed E-state index contributed by atoms with van der Waals surface area (Å²) in [4.78, 5) is 13.6. The Kier molecular flexibility index (Phi) is 4.12. The maximum absolute atomic E-state index is 5.83. The van der Waals surface area contributed by atoms with Gasteiger partial charge in [0.1, 0.15) is 0 Å². The minimum Gasteiger partial charge on any atom is -0.315 e. The lowest BCUT2D eigenvalue weighted by atomic mass is 10.1. The number of benzene rings is 1. The molecule has 5 heteroatoms. The fourth-order valence-corrected chi connectivity index (χ4v) is 1.71. The van der Waals surface area contributed by atoms with Gasteiger partial charge in [-0.15, -0.1) is 0 Å². The van der Waals surface area contributed by atoms with E-state index in [1.54, 1.807) is 0 Å². The fourth-order valence-electron chi connectivity index (χ4n) is 1.59. The van der Waals surface area contributed by atoms with Gasteiger partial charge in [-0.1, -0.05) is 28.9 Å². The second-order valence-corrected chi connectivity index (χ2v) is 4.64. The molecule has 0 aliphatic carbocycles. The lowest BCUT2D eigenvalue weighted by Crippen LogP contribution is -2.01. The molecule has 0 bridgehead atoms. The molecule has 0 aliphatic rings. The zero-order valence-corrected chi connectivity index (χ0v) is 11.8. The van der Waals surface area contributed by atoms with Gasteiger partial charge in [0.25, 0.3) is 0 Å². The van der Waals surface area contributed by atoms with E-state index in [1.165, 1.54) is 0 Å². The second kappa shape index (κ2) is 5.80. The summed E-state index contributed by atoms with van der Waals surface area (Å²) in [6.07, 6.45) is 0. The van der Waals surface area contributed by atoms with Crippen molar-refractivity contribution in [2.45, 2.75) is 20.8 Å². The Morgan fingerprint density at radius 2 is 1.68 bits per heavy atom. The van der Waals surface area contributed by atoms with Crippen LogP contribution in [0.5, 0.6) is 6.01 Å². The Morgan fingerprint density at radius 3 is 2.26 bits per heavy atom. The Hall–Kier alpha value is -1.94. The molecule has 0 unspecified atom stereocenters.